The molecule has 1 aliphatic rings. The van der Waals surface area contributed by atoms with Crippen LogP contribution in [0.4, 0.5) is 14.9 Å². The summed E-state index contributed by atoms with van der Waals surface area (Å²) in [6.07, 6.45) is -0.578. The summed E-state index contributed by atoms with van der Waals surface area (Å²) >= 11 is 1.24. The Balaban J connectivity index is 1.83. The molecule has 1 N–H and O–H groups in total. The molecule has 2 heterocycles. The lowest BCUT2D eigenvalue weighted by atomic mass is 10.1. The van der Waals surface area contributed by atoms with Crippen molar-refractivity contribution < 1.29 is 23.5 Å². The maximum Gasteiger partial charge on any atom is 0.414 e. The van der Waals surface area contributed by atoms with Gasteiger partial charge in [0.1, 0.15) is 17.4 Å². The molecule has 0 spiro atoms. The molecule has 0 bridgehead atoms. The number of hydrogen-bond acceptors (Lipinski definition) is 7. The normalized spacial score (nSPS) is 16.7. The number of anilines is 1. The number of nitrogens with zero attached hydrogens (tertiary/aromatic N) is 3. The number of benzene rings is 1. The van der Waals surface area contributed by atoms with Gasteiger partial charge in [-0.1, -0.05) is 11.3 Å². The molecular formula is C16H17FN4O4S. The number of methoxy groups -OCH3 is 1. The van der Waals surface area contributed by atoms with Crippen molar-refractivity contribution in [2.75, 3.05) is 25.2 Å². The van der Waals surface area contributed by atoms with Gasteiger partial charge < -0.3 is 14.8 Å². The van der Waals surface area contributed by atoms with Crippen LogP contribution < -0.4 is 10.2 Å². The fourth-order valence-electron chi connectivity index (χ4n) is 2.56. The Hall–Kier alpha value is -2.59. The quantitative estimate of drug-likeness (QED) is 0.823. The van der Waals surface area contributed by atoms with E-state index in [0.717, 1.165) is 0 Å². The van der Waals surface area contributed by atoms with Crippen LogP contribution in [-0.4, -0.2) is 48.5 Å². The highest BCUT2D eigenvalue weighted by Crippen LogP contribution is 2.31. The zero-order valence-electron chi connectivity index (χ0n) is 14.2. The Morgan fingerprint density at radius 2 is 2.31 bits per heavy atom. The van der Waals surface area contributed by atoms with Crippen molar-refractivity contribution in [2.24, 2.45) is 0 Å². The molecule has 10 heteroatoms. The lowest BCUT2D eigenvalue weighted by Gasteiger charge is -2.21. The van der Waals surface area contributed by atoms with E-state index in [0.29, 0.717) is 27.9 Å². The number of nitrogens with one attached hydrogen (secondary N) is 1. The number of cyclic esters (lactones) is 1. The van der Waals surface area contributed by atoms with Crippen LogP contribution in [0, 0.1) is 5.82 Å². The third-order valence-corrected chi connectivity index (χ3v) is 4.67. The van der Waals surface area contributed by atoms with Crippen LogP contribution in [0.15, 0.2) is 18.2 Å². The van der Waals surface area contributed by atoms with Gasteiger partial charge in [0, 0.05) is 26.1 Å². The SMILES string of the molecule is COCc1nnc(-c2ccc(N3C(=O)OC[C@@H]3CNC(C)=O)cc2F)s1. The Labute approximate surface area is 152 Å². The monoisotopic (exact) mass is 380 g/mol. The summed E-state index contributed by atoms with van der Waals surface area (Å²) in [4.78, 5) is 24.4. The highest BCUT2D eigenvalue weighted by Gasteiger charge is 2.34. The van der Waals surface area contributed by atoms with Crippen molar-refractivity contribution >= 4 is 29.0 Å². The third-order valence-electron chi connectivity index (χ3n) is 3.74. The first-order valence-corrected chi connectivity index (χ1v) is 8.63. The number of carbonyl (C=O) groups excluding carboxylic acids is 2. The zero-order valence-corrected chi connectivity index (χ0v) is 15.0. The van der Waals surface area contributed by atoms with Gasteiger partial charge in [-0.25, -0.2) is 9.18 Å². The Bertz CT molecular complexity index is 828. The summed E-state index contributed by atoms with van der Waals surface area (Å²) in [5.41, 5.74) is 0.644. The minimum atomic E-state index is -0.578. The second-order valence-electron chi connectivity index (χ2n) is 5.64. The van der Waals surface area contributed by atoms with Crippen LogP contribution in [0.5, 0.6) is 0 Å². The van der Waals surface area contributed by atoms with E-state index in [1.54, 1.807) is 19.2 Å². The maximum absolute atomic E-state index is 14.6. The van der Waals surface area contributed by atoms with Crippen molar-refractivity contribution in [3.8, 4) is 10.6 Å². The number of halogens is 1. The Morgan fingerprint density at radius 3 is 3.00 bits per heavy atom. The number of aromatic nitrogens is 2. The van der Waals surface area contributed by atoms with Crippen molar-refractivity contribution in [2.45, 2.75) is 19.6 Å². The van der Waals surface area contributed by atoms with Gasteiger partial charge in [0.05, 0.1) is 18.3 Å². The van der Waals surface area contributed by atoms with Crippen molar-refractivity contribution in [1.82, 2.24) is 15.5 Å². The molecule has 1 aliphatic heterocycles. The van der Waals surface area contributed by atoms with E-state index >= 15 is 0 Å². The van der Waals surface area contributed by atoms with Gasteiger partial charge in [-0.15, -0.1) is 10.2 Å². The Morgan fingerprint density at radius 1 is 1.50 bits per heavy atom. The summed E-state index contributed by atoms with van der Waals surface area (Å²) < 4.78 is 24.6. The molecule has 1 atom stereocenters. The van der Waals surface area contributed by atoms with E-state index in [9.17, 15) is 14.0 Å². The van der Waals surface area contributed by atoms with Crippen LogP contribution in [0.2, 0.25) is 0 Å². The first kappa shape index (κ1) is 18.2. The summed E-state index contributed by atoms with van der Waals surface area (Å²) in [6, 6.07) is 4.01. The van der Waals surface area contributed by atoms with Gasteiger partial charge in [-0.05, 0) is 18.2 Å². The van der Waals surface area contributed by atoms with Gasteiger partial charge in [-0.3, -0.25) is 9.69 Å². The summed E-state index contributed by atoms with van der Waals surface area (Å²) in [5, 5.41) is 11.6. The first-order chi connectivity index (χ1) is 12.5. The second-order valence-corrected chi connectivity index (χ2v) is 6.70. The van der Waals surface area contributed by atoms with E-state index in [1.807, 2.05) is 0 Å². The van der Waals surface area contributed by atoms with E-state index in [4.69, 9.17) is 9.47 Å². The Kier molecular flexibility index (Phi) is 5.43. The van der Waals surface area contributed by atoms with E-state index in [-0.39, 0.29) is 19.1 Å². The molecule has 26 heavy (non-hydrogen) atoms. The van der Waals surface area contributed by atoms with E-state index in [2.05, 4.69) is 15.5 Å². The first-order valence-electron chi connectivity index (χ1n) is 7.81. The van der Waals surface area contributed by atoms with Crippen molar-refractivity contribution in [3.63, 3.8) is 0 Å². The van der Waals surface area contributed by atoms with Crippen LogP contribution in [0.3, 0.4) is 0 Å². The smallest absolute Gasteiger partial charge is 0.414 e. The minimum Gasteiger partial charge on any atom is -0.447 e. The number of hydrogen-bond donors (Lipinski definition) is 1. The van der Waals surface area contributed by atoms with Gasteiger partial charge in [0.2, 0.25) is 5.91 Å². The van der Waals surface area contributed by atoms with Crippen molar-refractivity contribution in [3.05, 3.63) is 29.0 Å². The number of carbonyl (C=O) groups is 2. The molecule has 2 aromatic rings. The average molecular weight is 380 g/mol. The third kappa shape index (κ3) is 3.81. The van der Waals surface area contributed by atoms with E-state index in [1.165, 1.54) is 29.2 Å². The largest absolute Gasteiger partial charge is 0.447 e. The highest BCUT2D eigenvalue weighted by molar-refractivity contribution is 7.14. The summed E-state index contributed by atoms with van der Waals surface area (Å²) in [5.74, 6) is -0.741. The molecular weight excluding hydrogens is 363 g/mol. The standard InChI is InChI=1S/C16H17FN4O4S/c1-9(22)18-6-11-7-25-16(23)21(11)10-3-4-12(13(17)5-10)15-20-19-14(26-15)8-24-2/h3-5,11H,6-8H2,1-2H3,(H,18,22)/t11-/m0/s1. The van der Waals surface area contributed by atoms with E-state index < -0.39 is 18.0 Å². The van der Waals surface area contributed by atoms with Crippen molar-refractivity contribution in [1.29, 1.82) is 0 Å². The molecule has 0 aliphatic carbocycles. The molecule has 8 nitrogen and oxygen atoms in total. The molecule has 0 radical (unpaired) electrons. The van der Waals surface area contributed by atoms with Crippen LogP contribution in [-0.2, 0) is 20.9 Å². The highest BCUT2D eigenvalue weighted by atomic mass is 32.1. The molecule has 2 amide bonds. The topological polar surface area (TPSA) is 93.7 Å². The molecule has 1 aromatic heterocycles. The molecule has 3 rings (SSSR count). The molecule has 1 aromatic carbocycles. The molecule has 1 saturated heterocycles. The number of amides is 2. The molecule has 0 unspecified atom stereocenters. The predicted molar refractivity (Wildman–Crippen MR) is 92.3 cm³/mol. The molecule has 0 saturated carbocycles. The van der Waals surface area contributed by atoms with Gasteiger partial charge >= 0.3 is 6.09 Å². The zero-order chi connectivity index (χ0) is 18.7. The number of ether oxygens (including phenoxy) is 2. The molecule has 138 valence electrons. The van der Waals surface area contributed by atoms with Gasteiger partial charge in [0.25, 0.3) is 0 Å². The lowest BCUT2D eigenvalue weighted by Crippen LogP contribution is -2.42. The van der Waals surface area contributed by atoms with Gasteiger partial charge in [0.15, 0.2) is 5.01 Å². The maximum atomic E-state index is 14.6. The second kappa shape index (κ2) is 7.75. The summed E-state index contributed by atoms with van der Waals surface area (Å²) in [7, 11) is 1.54. The lowest BCUT2D eigenvalue weighted by molar-refractivity contribution is -0.119. The van der Waals surface area contributed by atoms with Crippen LogP contribution in [0.1, 0.15) is 11.9 Å². The average Bonchev–Trinajstić information content (AvgIpc) is 3.20. The van der Waals surface area contributed by atoms with Crippen LogP contribution in [0.25, 0.3) is 10.6 Å². The fraction of sp³-hybridized carbons (Fsp3) is 0.375. The van der Waals surface area contributed by atoms with Gasteiger partial charge in [-0.2, -0.15) is 0 Å². The minimum absolute atomic E-state index is 0.124. The molecule has 1 fully saturated rings. The predicted octanol–water partition coefficient (Wildman–Crippen LogP) is 1.95. The summed E-state index contributed by atoms with van der Waals surface area (Å²) in [6.45, 7) is 2.04. The fourth-order valence-corrected chi connectivity index (χ4v) is 3.40. The number of rotatable bonds is 6. The van der Waals surface area contributed by atoms with Crippen LogP contribution >= 0.6 is 11.3 Å².